The number of carbonyl (C=O) groups is 2. The molecule has 230 valence electrons. The first kappa shape index (κ1) is 31.9. The molecule has 0 heterocycles. The monoisotopic (exact) mass is 607 g/mol. The van der Waals surface area contributed by atoms with Crippen LogP contribution in [0.5, 0.6) is 11.5 Å². The van der Waals surface area contributed by atoms with Gasteiger partial charge in [-0.15, -0.1) is 0 Å². The number of benzene rings is 3. The fraction of sp³-hybridized carbons (Fsp3) is 0.394. The van der Waals surface area contributed by atoms with Gasteiger partial charge in [-0.3, -0.25) is 13.9 Å². The zero-order chi connectivity index (χ0) is 31.0. The van der Waals surface area contributed by atoms with Gasteiger partial charge in [0.1, 0.15) is 24.1 Å². The van der Waals surface area contributed by atoms with Crippen LogP contribution in [0, 0.1) is 6.92 Å². The second kappa shape index (κ2) is 14.4. The van der Waals surface area contributed by atoms with Gasteiger partial charge in [0, 0.05) is 12.6 Å². The summed E-state index contributed by atoms with van der Waals surface area (Å²) in [5.41, 5.74) is 2.01. The van der Waals surface area contributed by atoms with Crippen molar-refractivity contribution in [1.29, 1.82) is 0 Å². The van der Waals surface area contributed by atoms with Crippen LogP contribution in [0.2, 0.25) is 0 Å². The SMILES string of the molecule is CC[C@@H](C(=O)NC1CCCC1)N(Cc1ccc(OC)cc1)C(=O)CN(c1ccc(OC)cc1)S(=O)(=O)c1ccc(C)cc1. The molecule has 0 bridgehead atoms. The van der Waals surface area contributed by atoms with Crippen LogP contribution in [-0.4, -0.2) is 58.0 Å². The van der Waals surface area contributed by atoms with Crippen LogP contribution in [0.3, 0.4) is 0 Å². The number of sulfonamides is 1. The molecule has 0 aliphatic heterocycles. The van der Waals surface area contributed by atoms with E-state index in [0.717, 1.165) is 41.1 Å². The molecule has 0 unspecified atom stereocenters. The number of amides is 2. The number of ether oxygens (including phenoxy) is 2. The smallest absolute Gasteiger partial charge is 0.264 e. The van der Waals surface area contributed by atoms with Crippen LogP contribution in [0.25, 0.3) is 0 Å². The largest absolute Gasteiger partial charge is 0.497 e. The first-order valence-corrected chi connectivity index (χ1v) is 16.1. The van der Waals surface area contributed by atoms with Gasteiger partial charge in [0.15, 0.2) is 0 Å². The molecule has 4 rings (SSSR count). The molecule has 3 aromatic carbocycles. The maximum absolute atomic E-state index is 14.2. The van der Waals surface area contributed by atoms with E-state index in [1.807, 2.05) is 26.0 Å². The summed E-state index contributed by atoms with van der Waals surface area (Å²) in [5.74, 6) is 0.505. The van der Waals surface area contributed by atoms with E-state index in [2.05, 4.69) is 5.32 Å². The number of hydrogen-bond acceptors (Lipinski definition) is 6. The molecule has 1 fully saturated rings. The summed E-state index contributed by atoms with van der Waals surface area (Å²) in [7, 11) is -1.04. The van der Waals surface area contributed by atoms with Crippen molar-refractivity contribution >= 4 is 27.5 Å². The van der Waals surface area contributed by atoms with Crippen molar-refractivity contribution in [3.8, 4) is 11.5 Å². The number of hydrogen-bond donors (Lipinski definition) is 1. The number of anilines is 1. The Morgan fingerprint density at radius 3 is 1.98 bits per heavy atom. The molecule has 10 heteroatoms. The lowest BCUT2D eigenvalue weighted by atomic mass is 10.1. The Labute approximate surface area is 254 Å². The van der Waals surface area contributed by atoms with Crippen LogP contribution in [0.15, 0.2) is 77.7 Å². The number of rotatable bonds is 13. The highest BCUT2D eigenvalue weighted by Gasteiger charge is 2.34. The minimum Gasteiger partial charge on any atom is -0.497 e. The van der Waals surface area contributed by atoms with Gasteiger partial charge in [0.2, 0.25) is 11.8 Å². The Morgan fingerprint density at radius 1 is 0.884 bits per heavy atom. The van der Waals surface area contributed by atoms with E-state index in [0.29, 0.717) is 23.6 Å². The highest BCUT2D eigenvalue weighted by atomic mass is 32.2. The van der Waals surface area contributed by atoms with Gasteiger partial charge in [-0.2, -0.15) is 0 Å². The summed E-state index contributed by atoms with van der Waals surface area (Å²) in [6, 6.07) is 19.6. The van der Waals surface area contributed by atoms with Crippen molar-refractivity contribution in [2.75, 3.05) is 25.1 Å². The van der Waals surface area contributed by atoms with Gasteiger partial charge in [-0.05, 0) is 80.3 Å². The quantitative estimate of drug-likeness (QED) is 0.291. The van der Waals surface area contributed by atoms with E-state index < -0.39 is 28.5 Å². The fourth-order valence-corrected chi connectivity index (χ4v) is 6.74. The molecule has 1 N–H and O–H groups in total. The third kappa shape index (κ3) is 7.87. The van der Waals surface area contributed by atoms with Crippen LogP contribution in [0.4, 0.5) is 5.69 Å². The number of aryl methyl sites for hydroxylation is 1. The Kier molecular flexibility index (Phi) is 10.7. The van der Waals surface area contributed by atoms with Crippen molar-refractivity contribution in [2.45, 2.75) is 69.5 Å². The first-order chi connectivity index (χ1) is 20.7. The highest BCUT2D eigenvalue weighted by Crippen LogP contribution is 2.27. The summed E-state index contributed by atoms with van der Waals surface area (Å²) in [6.07, 6.45) is 4.31. The normalized spacial score (nSPS) is 14.1. The predicted molar refractivity (Wildman–Crippen MR) is 167 cm³/mol. The topological polar surface area (TPSA) is 105 Å². The Hall–Kier alpha value is -4.05. The lowest BCUT2D eigenvalue weighted by Gasteiger charge is -2.33. The van der Waals surface area contributed by atoms with Crippen molar-refractivity contribution in [3.05, 3.63) is 83.9 Å². The van der Waals surface area contributed by atoms with E-state index in [1.54, 1.807) is 55.6 Å². The first-order valence-electron chi connectivity index (χ1n) is 14.6. The van der Waals surface area contributed by atoms with E-state index >= 15 is 0 Å². The lowest BCUT2D eigenvalue weighted by Crippen LogP contribution is -2.53. The second-order valence-corrected chi connectivity index (χ2v) is 12.7. The third-order valence-corrected chi connectivity index (χ3v) is 9.64. The maximum atomic E-state index is 14.2. The Morgan fingerprint density at radius 2 is 1.44 bits per heavy atom. The van der Waals surface area contributed by atoms with Crippen molar-refractivity contribution in [2.24, 2.45) is 0 Å². The van der Waals surface area contributed by atoms with Gasteiger partial charge in [-0.1, -0.05) is 49.6 Å². The van der Waals surface area contributed by atoms with Crippen LogP contribution >= 0.6 is 0 Å². The van der Waals surface area contributed by atoms with E-state index in [-0.39, 0.29) is 23.4 Å². The number of nitrogens with one attached hydrogen (secondary N) is 1. The molecule has 1 saturated carbocycles. The molecule has 1 aliphatic rings. The van der Waals surface area contributed by atoms with Crippen molar-refractivity contribution < 1.29 is 27.5 Å². The molecule has 9 nitrogen and oxygen atoms in total. The minimum atomic E-state index is -4.14. The molecule has 0 aromatic heterocycles. The van der Waals surface area contributed by atoms with E-state index in [1.165, 1.54) is 24.1 Å². The average Bonchev–Trinajstić information content (AvgIpc) is 3.53. The zero-order valence-corrected chi connectivity index (χ0v) is 26.1. The predicted octanol–water partition coefficient (Wildman–Crippen LogP) is 5.07. The average molecular weight is 608 g/mol. The standard InChI is InChI=1S/C33H41N3O6S/c1-5-31(33(38)34-26-8-6-7-9-26)35(22-25-12-16-28(41-3)17-13-25)32(37)23-36(27-14-18-29(42-4)19-15-27)43(39,40)30-20-10-24(2)11-21-30/h10-21,26,31H,5-9,22-23H2,1-4H3,(H,34,38)/t31-/m0/s1. The van der Waals surface area contributed by atoms with Gasteiger partial charge < -0.3 is 19.7 Å². The molecule has 3 aromatic rings. The van der Waals surface area contributed by atoms with Gasteiger partial charge >= 0.3 is 0 Å². The summed E-state index contributed by atoms with van der Waals surface area (Å²) in [6.45, 7) is 3.36. The van der Waals surface area contributed by atoms with Gasteiger partial charge in [0.05, 0.1) is 24.8 Å². The summed E-state index contributed by atoms with van der Waals surface area (Å²) >= 11 is 0. The molecule has 0 radical (unpaired) electrons. The van der Waals surface area contributed by atoms with E-state index in [4.69, 9.17) is 9.47 Å². The molecule has 43 heavy (non-hydrogen) atoms. The van der Waals surface area contributed by atoms with Gasteiger partial charge in [-0.25, -0.2) is 8.42 Å². The van der Waals surface area contributed by atoms with Gasteiger partial charge in [0.25, 0.3) is 10.0 Å². The highest BCUT2D eigenvalue weighted by molar-refractivity contribution is 7.92. The zero-order valence-electron chi connectivity index (χ0n) is 25.3. The summed E-state index contributed by atoms with van der Waals surface area (Å²) in [4.78, 5) is 29.4. The molecule has 1 aliphatic carbocycles. The second-order valence-electron chi connectivity index (χ2n) is 10.8. The fourth-order valence-electron chi connectivity index (χ4n) is 5.33. The van der Waals surface area contributed by atoms with Crippen LogP contribution < -0.4 is 19.1 Å². The van der Waals surface area contributed by atoms with Crippen molar-refractivity contribution in [1.82, 2.24) is 10.2 Å². The Balaban J connectivity index is 1.71. The van der Waals surface area contributed by atoms with Crippen molar-refractivity contribution in [3.63, 3.8) is 0 Å². The summed E-state index contributed by atoms with van der Waals surface area (Å²) < 4.78 is 39.7. The molecule has 1 atom stereocenters. The van der Waals surface area contributed by atoms with Crippen LogP contribution in [0.1, 0.15) is 50.2 Å². The Bertz CT molecular complexity index is 1470. The molecule has 0 saturated heterocycles. The molecular formula is C33H41N3O6S. The number of methoxy groups -OCH3 is 2. The lowest BCUT2D eigenvalue weighted by molar-refractivity contribution is -0.140. The molecule has 2 amide bonds. The number of nitrogens with zero attached hydrogens (tertiary/aromatic N) is 2. The third-order valence-electron chi connectivity index (χ3n) is 7.85. The molecular weight excluding hydrogens is 566 g/mol. The minimum absolute atomic E-state index is 0.0643. The summed E-state index contributed by atoms with van der Waals surface area (Å²) in [5, 5.41) is 3.13. The number of carbonyl (C=O) groups excluding carboxylic acids is 2. The maximum Gasteiger partial charge on any atom is 0.264 e. The molecule has 0 spiro atoms. The van der Waals surface area contributed by atoms with E-state index in [9.17, 15) is 18.0 Å². The van der Waals surface area contributed by atoms with Crippen LogP contribution in [-0.2, 0) is 26.2 Å².